The molecule has 6 heteroatoms. The third-order valence-corrected chi connectivity index (χ3v) is 0.760. The van der Waals surface area contributed by atoms with E-state index >= 15 is 0 Å². The van der Waals surface area contributed by atoms with E-state index in [2.05, 4.69) is 19.8 Å². The number of hydrogen-bond acceptors (Lipinski definition) is 6. The van der Waals surface area contributed by atoms with Crippen LogP contribution < -0.4 is 5.48 Å². The highest BCUT2D eigenvalue weighted by molar-refractivity contribution is 5.68. The molecule has 0 aromatic carbocycles. The van der Waals surface area contributed by atoms with Gasteiger partial charge in [0.25, 0.3) is 0 Å². The number of carbonyl (C=O) groups is 2. The van der Waals surface area contributed by atoms with E-state index in [1.807, 2.05) is 0 Å². The lowest BCUT2D eigenvalue weighted by molar-refractivity contribution is -0.214. The van der Waals surface area contributed by atoms with Crippen LogP contribution >= 0.6 is 0 Å². The van der Waals surface area contributed by atoms with Crippen LogP contribution in [0.3, 0.4) is 0 Å². The molecule has 6 nitrogen and oxygen atoms in total. The van der Waals surface area contributed by atoms with Gasteiger partial charge in [-0.1, -0.05) is 0 Å². The second-order valence-electron chi connectivity index (χ2n) is 1.87. The highest BCUT2D eigenvalue weighted by Crippen LogP contribution is 1.91. The van der Waals surface area contributed by atoms with Crippen LogP contribution in [-0.2, 0) is 23.9 Å². The van der Waals surface area contributed by atoms with Crippen molar-refractivity contribution in [2.24, 2.45) is 0 Å². The fourth-order valence-corrected chi connectivity index (χ4v) is 0.470. The molecule has 0 spiro atoms. The molecule has 0 aliphatic rings. The smallest absolute Gasteiger partial charge is 0.329 e. The first-order chi connectivity index (χ1) is 5.56. The van der Waals surface area contributed by atoms with Crippen LogP contribution in [0.15, 0.2) is 0 Å². The predicted octanol–water partition coefficient (Wildman–Crippen LogP) is -0.453. The molecular weight excluding hydrogens is 166 g/mol. The maximum absolute atomic E-state index is 10.4. The SMILES string of the molecule is CONC(OC(C)=O)OC(C)=O. The van der Waals surface area contributed by atoms with Crippen LogP contribution in [-0.4, -0.2) is 25.5 Å². The lowest BCUT2D eigenvalue weighted by atomic mass is 10.8. The molecule has 0 aliphatic heterocycles. The van der Waals surface area contributed by atoms with Crippen LogP contribution in [0, 0.1) is 0 Å². The number of esters is 2. The summed E-state index contributed by atoms with van der Waals surface area (Å²) in [7, 11) is 1.31. The number of nitrogens with one attached hydrogen (secondary N) is 1. The maximum Gasteiger partial charge on any atom is 0.329 e. The molecule has 0 amide bonds. The minimum atomic E-state index is -1.19. The second kappa shape index (κ2) is 5.50. The quantitative estimate of drug-likeness (QED) is 0.356. The summed E-state index contributed by atoms with van der Waals surface area (Å²) in [6, 6.07) is 0. The van der Waals surface area contributed by atoms with Gasteiger partial charge in [-0.15, -0.1) is 5.48 Å². The summed E-state index contributed by atoms with van der Waals surface area (Å²) >= 11 is 0. The Balaban J connectivity index is 3.85. The lowest BCUT2D eigenvalue weighted by Gasteiger charge is -2.15. The van der Waals surface area contributed by atoms with Crippen molar-refractivity contribution in [2.75, 3.05) is 7.11 Å². The summed E-state index contributed by atoms with van der Waals surface area (Å²) in [5, 5.41) is 0. The monoisotopic (exact) mass is 177 g/mol. The van der Waals surface area contributed by atoms with Gasteiger partial charge in [-0.05, 0) is 0 Å². The molecule has 0 saturated carbocycles. The zero-order valence-corrected chi connectivity index (χ0v) is 7.12. The Morgan fingerprint density at radius 3 is 1.83 bits per heavy atom. The predicted molar refractivity (Wildman–Crippen MR) is 37.5 cm³/mol. The summed E-state index contributed by atoms with van der Waals surface area (Å²) < 4.78 is 8.97. The molecule has 1 N–H and O–H groups in total. The van der Waals surface area contributed by atoms with Gasteiger partial charge in [0.2, 0.25) is 0 Å². The van der Waals surface area contributed by atoms with Gasteiger partial charge in [-0.3, -0.25) is 14.4 Å². The molecule has 0 aliphatic carbocycles. The molecule has 12 heavy (non-hydrogen) atoms. The zero-order valence-electron chi connectivity index (χ0n) is 7.12. The van der Waals surface area contributed by atoms with Crippen molar-refractivity contribution in [1.29, 1.82) is 0 Å². The highest BCUT2D eigenvalue weighted by atomic mass is 16.8. The van der Waals surface area contributed by atoms with Gasteiger partial charge in [0.05, 0.1) is 7.11 Å². The van der Waals surface area contributed by atoms with Crippen molar-refractivity contribution in [2.45, 2.75) is 20.3 Å². The summed E-state index contributed by atoms with van der Waals surface area (Å²) in [5.74, 6) is -1.16. The van der Waals surface area contributed by atoms with E-state index in [9.17, 15) is 9.59 Å². The Labute approximate surface area is 69.7 Å². The molecule has 0 aromatic heterocycles. The van der Waals surface area contributed by atoms with Crippen molar-refractivity contribution < 1.29 is 23.9 Å². The van der Waals surface area contributed by atoms with Gasteiger partial charge in [-0.2, -0.15) is 0 Å². The largest absolute Gasteiger partial charge is 0.409 e. The minimum Gasteiger partial charge on any atom is -0.409 e. The van der Waals surface area contributed by atoms with E-state index in [4.69, 9.17) is 0 Å². The molecule has 0 radical (unpaired) electrons. The van der Waals surface area contributed by atoms with Crippen molar-refractivity contribution in [3.05, 3.63) is 0 Å². The third-order valence-electron chi connectivity index (χ3n) is 0.760. The first kappa shape index (κ1) is 10.9. The number of ether oxygens (including phenoxy) is 2. The van der Waals surface area contributed by atoms with Crippen LogP contribution in [0.4, 0.5) is 0 Å². The van der Waals surface area contributed by atoms with Crippen LogP contribution in [0.2, 0.25) is 0 Å². The van der Waals surface area contributed by atoms with Gasteiger partial charge < -0.3 is 9.47 Å². The average molecular weight is 177 g/mol. The summed E-state index contributed by atoms with van der Waals surface area (Å²) in [5.41, 5.74) is 2.16. The topological polar surface area (TPSA) is 73.9 Å². The number of hydroxylamine groups is 1. The maximum atomic E-state index is 10.4. The van der Waals surface area contributed by atoms with Crippen LogP contribution in [0.5, 0.6) is 0 Å². The van der Waals surface area contributed by atoms with Gasteiger partial charge in [-0.25, -0.2) is 0 Å². The van der Waals surface area contributed by atoms with Crippen molar-refractivity contribution in [3.8, 4) is 0 Å². The van der Waals surface area contributed by atoms with E-state index < -0.39 is 18.4 Å². The van der Waals surface area contributed by atoms with Crippen LogP contribution in [0.25, 0.3) is 0 Å². The fourth-order valence-electron chi connectivity index (χ4n) is 0.470. The molecule has 0 atom stereocenters. The molecule has 0 unspecified atom stereocenters. The standard InChI is InChI=1S/C6H11NO5/c1-4(8)11-6(7-10-3)12-5(2)9/h6-7H,1-3H3. The molecule has 0 aromatic rings. The van der Waals surface area contributed by atoms with Gasteiger partial charge in [0, 0.05) is 13.8 Å². The lowest BCUT2D eigenvalue weighted by Crippen LogP contribution is -2.36. The van der Waals surface area contributed by atoms with E-state index in [0.717, 1.165) is 0 Å². The first-order valence-corrected chi connectivity index (χ1v) is 3.19. The van der Waals surface area contributed by atoms with E-state index in [-0.39, 0.29) is 0 Å². The highest BCUT2D eigenvalue weighted by Gasteiger charge is 2.13. The van der Waals surface area contributed by atoms with E-state index in [0.29, 0.717) is 0 Å². The first-order valence-electron chi connectivity index (χ1n) is 3.19. The molecule has 70 valence electrons. The number of carbonyl (C=O) groups excluding carboxylic acids is 2. The Hall–Kier alpha value is -1.14. The summed E-state index contributed by atoms with van der Waals surface area (Å²) in [4.78, 5) is 25.2. The van der Waals surface area contributed by atoms with Crippen molar-refractivity contribution in [3.63, 3.8) is 0 Å². The van der Waals surface area contributed by atoms with E-state index in [1.165, 1.54) is 21.0 Å². The Bertz CT molecular complexity index is 153. The average Bonchev–Trinajstić information content (AvgIpc) is 1.84. The molecular formula is C6H11NO5. The Morgan fingerprint density at radius 1 is 1.17 bits per heavy atom. The van der Waals surface area contributed by atoms with Crippen molar-refractivity contribution in [1.82, 2.24) is 5.48 Å². The molecule has 0 bridgehead atoms. The normalized spacial score (nSPS) is 9.67. The van der Waals surface area contributed by atoms with Crippen LogP contribution in [0.1, 0.15) is 13.8 Å². The Morgan fingerprint density at radius 2 is 1.58 bits per heavy atom. The second-order valence-corrected chi connectivity index (χ2v) is 1.87. The molecule has 0 heterocycles. The van der Waals surface area contributed by atoms with Crippen molar-refractivity contribution >= 4 is 11.9 Å². The number of hydrogen-bond donors (Lipinski definition) is 1. The van der Waals surface area contributed by atoms with E-state index in [1.54, 1.807) is 0 Å². The van der Waals surface area contributed by atoms with Gasteiger partial charge in [0.1, 0.15) is 0 Å². The van der Waals surface area contributed by atoms with Gasteiger partial charge in [0.15, 0.2) is 0 Å². The molecule has 0 rings (SSSR count). The fraction of sp³-hybridized carbons (Fsp3) is 0.667. The third kappa shape index (κ3) is 5.63. The zero-order chi connectivity index (χ0) is 9.56. The summed E-state index contributed by atoms with van der Waals surface area (Å²) in [6.45, 7) is 2.38. The minimum absolute atomic E-state index is 0.578. The summed E-state index contributed by atoms with van der Waals surface area (Å²) in [6.07, 6.45) is -1.19. The number of rotatable bonds is 4. The van der Waals surface area contributed by atoms with Gasteiger partial charge >= 0.3 is 18.4 Å². The Kier molecular flexibility index (Phi) is 4.98. The molecule has 0 saturated heterocycles. The molecule has 0 fully saturated rings.